The second-order valence-electron chi connectivity index (χ2n) is 3.87. The van der Waals surface area contributed by atoms with Crippen molar-refractivity contribution in [2.24, 2.45) is 0 Å². The second kappa shape index (κ2) is 5.81. The zero-order chi connectivity index (χ0) is 12.1. The van der Waals surface area contributed by atoms with Crippen LogP contribution >= 0.6 is 0 Å². The van der Waals surface area contributed by atoms with Crippen LogP contribution in [0, 0.1) is 0 Å². The first-order valence-electron chi connectivity index (χ1n) is 5.36. The molecule has 6 heteroatoms. The predicted molar refractivity (Wildman–Crippen MR) is 56.7 cm³/mol. The Morgan fingerprint density at radius 3 is 2.75 bits per heavy atom. The molecule has 2 N–H and O–H groups in total. The van der Waals surface area contributed by atoms with Crippen molar-refractivity contribution in [2.45, 2.75) is 26.0 Å². The summed E-state index contributed by atoms with van der Waals surface area (Å²) in [5.41, 5.74) is 0. The standard InChI is InChI=1S/C10H18N2O4/c1-3-16-10(15)6-12-4-8(9(14)5-12)11-7(2)13/h8-9,14H,3-6H2,1-2H3,(H,11,13)/t8-,9-/m1/s1. The largest absolute Gasteiger partial charge is 0.465 e. The van der Waals surface area contributed by atoms with E-state index in [1.54, 1.807) is 11.8 Å². The Labute approximate surface area is 94.6 Å². The maximum Gasteiger partial charge on any atom is 0.320 e. The summed E-state index contributed by atoms with van der Waals surface area (Å²) in [4.78, 5) is 23.8. The third-order valence-electron chi connectivity index (χ3n) is 2.41. The number of amides is 1. The Morgan fingerprint density at radius 2 is 2.19 bits per heavy atom. The third kappa shape index (κ3) is 3.79. The van der Waals surface area contributed by atoms with Gasteiger partial charge >= 0.3 is 5.97 Å². The number of carbonyl (C=O) groups is 2. The van der Waals surface area contributed by atoms with Gasteiger partial charge in [0.15, 0.2) is 0 Å². The summed E-state index contributed by atoms with van der Waals surface area (Å²) in [6, 6.07) is -0.299. The van der Waals surface area contributed by atoms with Crippen molar-refractivity contribution in [3.8, 4) is 0 Å². The first-order valence-corrected chi connectivity index (χ1v) is 5.36. The van der Waals surface area contributed by atoms with Gasteiger partial charge in [0.1, 0.15) is 0 Å². The Morgan fingerprint density at radius 1 is 1.50 bits per heavy atom. The van der Waals surface area contributed by atoms with Gasteiger partial charge in [0.05, 0.1) is 25.3 Å². The Balaban J connectivity index is 2.37. The molecule has 0 aliphatic carbocycles. The smallest absolute Gasteiger partial charge is 0.320 e. The molecule has 2 atom stereocenters. The van der Waals surface area contributed by atoms with Crippen LogP contribution in [-0.2, 0) is 14.3 Å². The molecule has 0 unspecified atom stereocenters. The first kappa shape index (κ1) is 12.9. The fraction of sp³-hybridized carbons (Fsp3) is 0.800. The fourth-order valence-corrected chi connectivity index (χ4v) is 1.79. The molecule has 92 valence electrons. The molecule has 1 aliphatic heterocycles. The lowest BCUT2D eigenvalue weighted by Gasteiger charge is -2.14. The van der Waals surface area contributed by atoms with Gasteiger partial charge in [-0.25, -0.2) is 0 Å². The van der Waals surface area contributed by atoms with E-state index in [-0.39, 0.29) is 24.5 Å². The van der Waals surface area contributed by atoms with Crippen molar-refractivity contribution in [1.82, 2.24) is 10.2 Å². The number of nitrogens with zero attached hydrogens (tertiary/aromatic N) is 1. The Kier molecular flexibility index (Phi) is 4.70. The van der Waals surface area contributed by atoms with Gasteiger partial charge in [-0.1, -0.05) is 0 Å². The molecule has 0 aromatic heterocycles. The summed E-state index contributed by atoms with van der Waals surface area (Å²) in [7, 11) is 0. The highest BCUT2D eigenvalue weighted by Crippen LogP contribution is 2.09. The molecule has 1 amide bonds. The van der Waals surface area contributed by atoms with Gasteiger partial charge in [-0.15, -0.1) is 0 Å². The van der Waals surface area contributed by atoms with E-state index in [0.29, 0.717) is 19.7 Å². The number of carbonyl (C=O) groups excluding carboxylic acids is 2. The van der Waals surface area contributed by atoms with Gasteiger partial charge in [0.2, 0.25) is 5.91 Å². The predicted octanol–water partition coefficient (Wildman–Crippen LogP) is -1.27. The molecule has 1 heterocycles. The van der Waals surface area contributed by atoms with Crippen molar-refractivity contribution in [1.29, 1.82) is 0 Å². The van der Waals surface area contributed by atoms with E-state index in [4.69, 9.17) is 4.74 Å². The van der Waals surface area contributed by atoms with E-state index in [9.17, 15) is 14.7 Å². The molecule has 1 rings (SSSR count). The quantitative estimate of drug-likeness (QED) is 0.589. The maximum atomic E-state index is 11.2. The molecule has 0 saturated carbocycles. The molecule has 0 radical (unpaired) electrons. The summed E-state index contributed by atoms with van der Waals surface area (Å²) in [5.74, 6) is -0.486. The molecule has 1 aliphatic rings. The van der Waals surface area contributed by atoms with E-state index in [1.807, 2.05) is 0 Å². The van der Waals surface area contributed by atoms with Crippen molar-refractivity contribution < 1.29 is 19.4 Å². The van der Waals surface area contributed by atoms with Crippen LogP contribution in [0.15, 0.2) is 0 Å². The van der Waals surface area contributed by atoms with Crippen LogP contribution in [0.4, 0.5) is 0 Å². The third-order valence-corrected chi connectivity index (χ3v) is 2.41. The lowest BCUT2D eigenvalue weighted by molar-refractivity contribution is -0.144. The number of ether oxygens (including phenoxy) is 1. The maximum absolute atomic E-state index is 11.2. The van der Waals surface area contributed by atoms with Crippen LogP contribution < -0.4 is 5.32 Å². The minimum Gasteiger partial charge on any atom is -0.465 e. The monoisotopic (exact) mass is 230 g/mol. The number of aliphatic hydroxyl groups is 1. The van der Waals surface area contributed by atoms with Crippen LogP contribution in [-0.4, -0.2) is 60.3 Å². The summed E-state index contributed by atoms with van der Waals surface area (Å²) < 4.78 is 4.81. The van der Waals surface area contributed by atoms with E-state index < -0.39 is 6.10 Å². The van der Waals surface area contributed by atoms with Crippen molar-refractivity contribution in [2.75, 3.05) is 26.2 Å². The van der Waals surface area contributed by atoms with Crippen molar-refractivity contribution in [3.05, 3.63) is 0 Å². The SMILES string of the molecule is CCOC(=O)CN1C[C@@H](O)[C@H](NC(C)=O)C1. The summed E-state index contributed by atoms with van der Waals surface area (Å²) in [6.45, 7) is 4.51. The lowest BCUT2D eigenvalue weighted by atomic mass is 10.2. The lowest BCUT2D eigenvalue weighted by Crippen LogP contribution is -2.41. The van der Waals surface area contributed by atoms with E-state index in [2.05, 4.69) is 5.32 Å². The van der Waals surface area contributed by atoms with Gasteiger partial charge in [-0.05, 0) is 6.92 Å². The number of hydrogen-bond donors (Lipinski definition) is 2. The number of hydrogen-bond acceptors (Lipinski definition) is 5. The normalized spacial score (nSPS) is 25.4. The number of likely N-dealkylation sites (tertiary alicyclic amines) is 1. The molecule has 0 spiro atoms. The Hall–Kier alpha value is -1.14. The molecule has 6 nitrogen and oxygen atoms in total. The molecule has 16 heavy (non-hydrogen) atoms. The van der Waals surface area contributed by atoms with Gasteiger partial charge < -0.3 is 15.2 Å². The topological polar surface area (TPSA) is 78.9 Å². The molecule has 1 saturated heterocycles. The number of rotatable bonds is 4. The van der Waals surface area contributed by atoms with Gasteiger partial charge in [0.25, 0.3) is 0 Å². The second-order valence-corrected chi connectivity index (χ2v) is 3.87. The number of nitrogens with one attached hydrogen (secondary N) is 1. The average molecular weight is 230 g/mol. The zero-order valence-corrected chi connectivity index (χ0v) is 9.60. The van der Waals surface area contributed by atoms with Gasteiger partial charge in [0, 0.05) is 20.0 Å². The van der Waals surface area contributed by atoms with Crippen molar-refractivity contribution >= 4 is 11.9 Å². The number of esters is 1. The van der Waals surface area contributed by atoms with Crippen LogP contribution in [0.5, 0.6) is 0 Å². The molecule has 0 aromatic rings. The Bertz CT molecular complexity index is 270. The minimum atomic E-state index is -0.627. The zero-order valence-electron chi connectivity index (χ0n) is 9.60. The van der Waals surface area contributed by atoms with Crippen molar-refractivity contribution in [3.63, 3.8) is 0 Å². The van der Waals surface area contributed by atoms with E-state index in [0.717, 1.165) is 0 Å². The van der Waals surface area contributed by atoms with Gasteiger partial charge in [-0.2, -0.15) is 0 Å². The fourth-order valence-electron chi connectivity index (χ4n) is 1.79. The highest BCUT2D eigenvalue weighted by Gasteiger charge is 2.32. The van der Waals surface area contributed by atoms with Crippen LogP contribution in [0.1, 0.15) is 13.8 Å². The molecule has 0 aromatic carbocycles. The minimum absolute atomic E-state index is 0.154. The van der Waals surface area contributed by atoms with E-state index in [1.165, 1.54) is 6.92 Å². The van der Waals surface area contributed by atoms with Crippen LogP contribution in [0.2, 0.25) is 0 Å². The van der Waals surface area contributed by atoms with Crippen LogP contribution in [0.3, 0.4) is 0 Å². The highest BCUT2D eigenvalue weighted by molar-refractivity contribution is 5.73. The highest BCUT2D eigenvalue weighted by atomic mass is 16.5. The average Bonchev–Trinajstić information content (AvgIpc) is 2.45. The molecular formula is C10H18N2O4. The summed E-state index contributed by atoms with van der Waals surface area (Å²) in [5, 5.41) is 12.3. The van der Waals surface area contributed by atoms with Gasteiger partial charge in [-0.3, -0.25) is 14.5 Å². The summed E-state index contributed by atoms with van der Waals surface area (Å²) >= 11 is 0. The first-order chi connectivity index (χ1) is 7.52. The summed E-state index contributed by atoms with van der Waals surface area (Å²) in [6.07, 6.45) is -0.627. The molecular weight excluding hydrogens is 212 g/mol. The molecule has 1 fully saturated rings. The number of aliphatic hydroxyl groups excluding tert-OH is 1. The van der Waals surface area contributed by atoms with E-state index >= 15 is 0 Å². The molecule has 0 bridgehead atoms. The van der Waals surface area contributed by atoms with Crippen LogP contribution in [0.25, 0.3) is 0 Å². The number of β-amino-alcohol motifs (C(OH)–C–C–N with tert-alkyl or cyclic N) is 1.